The van der Waals surface area contributed by atoms with Gasteiger partial charge in [0.1, 0.15) is 5.57 Å². The molecule has 0 unspecified atom stereocenters. The van der Waals surface area contributed by atoms with Crippen LogP contribution in [-0.4, -0.2) is 42.9 Å². The third-order valence-corrected chi connectivity index (χ3v) is 4.49. The van der Waals surface area contributed by atoms with E-state index in [9.17, 15) is 14.4 Å². The average Bonchev–Trinajstić information content (AvgIpc) is 2.97. The second-order valence-corrected chi connectivity index (χ2v) is 6.16. The second kappa shape index (κ2) is 6.47. The summed E-state index contributed by atoms with van der Waals surface area (Å²) in [6.45, 7) is 4.24. The number of likely N-dealkylation sites (N-methyl/N-ethyl adjacent to an activating group) is 1. The lowest BCUT2D eigenvalue weighted by atomic mass is 10.0. The highest BCUT2D eigenvalue weighted by molar-refractivity contribution is 6.30. The fraction of sp³-hybridized carbons (Fsp3) is 0.389. The Bertz CT molecular complexity index is 739. The minimum atomic E-state index is -0.692. The lowest BCUT2D eigenvalue weighted by Gasteiger charge is -2.22. The second-order valence-electron chi connectivity index (χ2n) is 6.16. The molecule has 1 fully saturated rings. The number of barbiturate groups is 1. The zero-order valence-electron chi connectivity index (χ0n) is 14.0. The van der Waals surface area contributed by atoms with Crippen molar-refractivity contribution in [3.05, 3.63) is 34.9 Å². The summed E-state index contributed by atoms with van der Waals surface area (Å²) >= 11 is 0. The van der Waals surface area contributed by atoms with Crippen molar-refractivity contribution in [2.75, 3.05) is 25.0 Å². The lowest BCUT2D eigenvalue weighted by Crippen LogP contribution is -2.52. The van der Waals surface area contributed by atoms with Gasteiger partial charge >= 0.3 is 6.03 Å². The Balaban J connectivity index is 1.85. The number of imide groups is 2. The minimum Gasteiger partial charge on any atom is -0.371 e. The molecule has 3 rings (SSSR count). The summed E-state index contributed by atoms with van der Waals surface area (Å²) in [4.78, 5) is 38.7. The summed E-state index contributed by atoms with van der Waals surface area (Å²) in [5.74, 6) is -1.22. The van der Waals surface area contributed by atoms with Gasteiger partial charge in [-0.25, -0.2) is 4.79 Å². The van der Waals surface area contributed by atoms with E-state index < -0.39 is 17.8 Å². The number of nitrogens with one attached hydrogen (secondary N) is 1. The Morgan fingerprint density at radius 3 is 2.79 bits per heavy atom. The predicted molar refractivity (Wildman–Crippen MR) is 91.6 cm³/mol. The van der Waals surface area contributed by atoms with E-state index in [0.717, 1.165) is 30.0 Å². The largest absolute Gasteiger partial charge is 0.371 e. The SMILES string of the molecule is CCCCN1CCc2cc(C=C3C(=O)NC(=O)N(C)C3=O)ccc21. The van der Waals surface area contributed by atoms with Crippen molar-refractivity contribution in [1.82, 2.24) is 10.2 Å². The van der Waals surface area contributed by atoms with Crippen molar-refractivity contribution in [1.29, 1.82) is 0 Å². The zero-order valence-corrected chi connectivity index (χ0v) is 14.0. The van der Waals surface area contributed by atoms with E-state index in [1.54, 1.807) is 6.08 Å². The number of hydrogen-bond acceptors (Lipinski definition) is 4. The smallest absolute Gasteiger partial charge is 0.331 e. The van der Waals surface area contributed by atoms with E-state index in [4.69, 9.17) is 0 Å². The maximum absolute atomic E-state index is 12.1. The third kappa shape index (κ3) is 2.91. The molecule has 24 heavy (non-hydrogen) atoms. The molecular weight excluding hydrogens is 306 g/mol. The number of amides is 4. The summed E-state index contributed by atoms with van der Waals surface area (Å²) in [5, 5.41) is 2.16. The van der Waals surface area contributed by atoms with Crippen LogP contribution >= 0.6 is 0 Å². The Hall–Kier alpha value is -2.63. The normalized spacial score (nSPS) is 19.1. The van der Waals surface area contributed by atoms with E-state index in [-0.39, 0.29) is 5.57 Å². The van der Waals surface area contributed by atoms with Crippen LogP contribution in [0.5, 0.6) is 0 Å². The average molecular weight is 327 g/mol. The Labute approximate surface area is 141 Å². The first-order chi connectivity index (χ1) is 11.5. The van der Waals surface area contributed by atoms with Crippen molar-refractivity contribution in [2.24, 2.45) is 0 Å². The van der Waals surface area contributed by atoms with Gasteiger partial charge in [-0.3, -0.25) is 19.8 Å². The van der Waals surface area contributed by atoms with Gasteiger partial charge in [0.25, 0.3) is 11.8 Å². The van der Waals surface area contributed by atoms with Crippen molar-refractivity contribution in [2.45, 2.75) is 26.2 Å². The van der Waals surface area contributed by atoms with E-state index >= 15 is 0 Å². The van der Waals surface area contributed by atoms with Gasteiger partial charge in [-0.05, 0) is 42.2 Å². The number of anilines is 1. The molecule has 126 valence electrons. The molecule has 0 saturated carbocycles. The number of carbonyl (C=O) groups excluding carboxylic acids is 3. The van der Waals surface area contributed by atoms with Crippen LogP contribution in [0.25, 0.3) is 6.08 Å². The number of carbonyl (C=O) groups is 3. The molecule has 1 aromatic carbocycles. The molecule has 1 N–H and O–H groups in total. The minimum absolute atomic E-state index is 0.0158. The first kappa shape index (κ1) is 16.2. The van der Waals surface area contributed by atoms with Gasteiger partial charge in [-0.15, -0.1) is 0 Å². The highest BCUT2D eigenvalue weighted by Crippen LogP contribution is 2.30. The molecule has 2 aliphatic heterocycles. The molecule has 6 heteroatoms. The van der Waals surface area contributed by atoms with Crippen LogP contribution in [0.3, 0.4) is 0 Å². The van der Waals surface area contributed by atoms with Crippen molar-refractivity contribution in [3.8, 4) is 0 Å². The fourth-order valence-electron chi connectivity index (χ4n) is 3.07. The molecule has 0 radical (unpaired) electrons. The molecule has 0 aliphatic carbocycles. The fourth-order valence-corrected chi connectivity index (χ4v) is 3.07. The van der Waals surface area contributed by atoms with Crippen LogP contribution < -0.4 is 10.2 Å². The van der Waals surface area contributed by atoms with Crippen molar-refractivity contribution in [3.63, 3.8) is 0 Å². The summed E-state index contributed by atoms with van der Waals surface area (Å²) < 4.78 is 0. The molecule has 2 heterocycles. The Morgan fingerprint density at radius 1 is 1.25 bits per heavy atom. The summed E-state index contributed by atoms with van der Waals surface area (Å²) in [5.41, 5.74) is 3.25. The van der Waals surface area contributed by atoms with Gasteiger partial charge in [0.05, 0.1) is 0 Å². The lowest BCUT2D eigenvalue weighted by molar-refractivity contribution is -0.129. The number of urea groups is 1. The number of nitrogens with zero attached hydrogens (tertiary/aromatic N) is 2. The van der Waals surface area contributed by atoms with E-state index in [1.165, 1.54) is 31.1 Å². The highest BCUT2D eigenvalue weighted by Gasteiger charge is 2.33. The Morgan fingerprint density at radius 2 is 2.04 bits per heavy atom. The van der Waals surface area contributed by atoms with Gasteiger partial charge in [0, 0.05) is 25.8 Å². The van der Waals surface area contributed by atoms with Crippen LogP contribution in [0, 0.1) is 0 Å². The zero-order chi connectivity index (χ0) is 17.3. The van der Waals surface area contributed by atoms with Gasteiger partial charge in [0.2, 0.25) is 0 Å². The van der Waals surface area contributed by atoms with Gasteiger partial charge in [-0.1, -0.05) is 19.4 Å². The molecule has 4 amide bonds. The first-order valence-electron chi connectivity index (χ1n) is 8.24. The molecule has 2 aliphatic rings. The molecule has 1 saturated heterocycles. The number of fused-ring (bicyclic) bond motifs is 1. The van der Waals surface area contributed by atoms with E-state index in [1.807, 2.05) is 18.2 Å². The van der Waals surface area contributed by atoms with E-state index in [0.29, 0.717) is 0 Å². The predicted octanol–water partition coefficient (Wildman–Crippen LogP) is 1.94. The van der Waals surface area contributed by atoms with Gasteiger partial charge < -0.3 is 4.90 Å². The number of hydrogen-bond donors (Lipinski definition) is 1. The van der Waals surface area contributed by atoms with Crippen LogP contribution in [0.2, 0.25) is 0 Å². The van der Waals surface area contributed by atoms with E-state index in [2.05, 4.69) is 17.1 Å². The third-order valence-electron chi connectivity index (χ3n) is 4.49. The molecule has 0 bridgehead atoms. The molecule has 1 aromatic rings. The standard InChI is InChI=1S/C18H21N3O3/c1-3-4-8-21-9-7-13-10-12(5-6-15(13)21)11-14-16(22)19-18(24)20(2)17(14)23/h5-6,10-11H,3-4,7-9H2,1-2H3,(H,19,22,24). The van der Waals surface area contributed by atoms with Crippen LogP contribution in [-0.2, 0) is 16.0 Å². The quantitative estimate of drug-likeness (QED) is 0.678. The van der Waals surface area contributed by atoms with Crippen LogP contribution in [0.1, 0.15) is 30.9 Å². The van der Waals surface area contributed by atoms with Crippen LogP contribution in [0.15, 0.2) is 23.8 Å². The summed E-state index contributed by atoms with van der Waals surface area (Å²) in [6.07, 6.45) is 4.85. The number of benzene rings is 1. The highest BCUT2D eigenvalue weighted by atomic mass is 16.2. The molecule has 0 atom stereocenters. The summed E-state index contributed by atoms with van der Waals surface area (Å²) in [6, 6.07) is 5.28. The van der Waals surface area contributed by atoms with Crippen molar-refractivity contribution < 1.29 is 14.4 Å². The molecule has 6 nitrogen and oxygen atoms in total. The summed E-state index contributed by atoms with van der Waals surface area (Å²) in [7, 11) is 1.35. The number of rotatable bonds is 4. The molecule has 0 spiro atoms. The van der Waals surface area contributed by atoms with Crippen LogP contribution in [0.4, 0.5) is 10.5 Å². The number of unbranched alkanes of at least 4 members (excludes halogenated alkanes) is 1. The molecule has 0 aromatic heterocycles. The Kier molecular flexibility index (Phi) is 4.38. The monoisotopic (exact) mass is 327 g/mol. The maximum Gasteiger partial charge on any atom is 0.331 e. The first-order valence-corrected chi connectivity index (χ1v) is 8.24. The van der Waals surface area contributed by atoms with Gasteiger partial charge in [0.15, 0.2) is 0 Å². The topological polar surface area (TPSA) is 69.7 Å². The maximum atomic E-state index is 12.1. The molecular formula is C18H21N3O3. The van der Waals surface area contributed by atoms with Crippen molar-refractivity contribution >= 4 is 29.6 Å². The van der Waals surface area contributed by atoms with Gasteiger partial charge in [-0.2, -0.15) is 0 Å².